The normalized spacial score (nSPS) is 10.4. The monoisotopic (exact) mass is 256 g/mol. The Hall–Kier alpha value is -1.87. The van der Waals surface area contributed by atoms with Crippen molar-refractivity contribution in [3.8, 4) is 11.5 Å². The Bertz CT molecular complexity index is 508. The molecule has 0 radical (unpaired) electrons. The van der Waals surface area contributed by atoms with E-state index in [2.05, 4.69) is 24.1 Å². The van der Waals surface area contributed by atoms with Gasteiger partial charge in [0.25, 0.3) is 0 Å². The predicted octanol–water partition coefficient (Wildman–Crippen LogP) is 3.68. The van der Waals surface area contributed by atoms with Crippen LogP contribution >= 0.6 is 0 Å². The fraction of sp³-hybridized carbons (Fsp3) is 0.312. The van der Waals surface area contributed by atoms with E-state index in [0.29, 0.717) is 0 Å². The van der Waals surface area contributed by atoms with Crippen molar-refractivity contribution in [2.45, 2.75) is 26.8 Å². The molecule has 0 amide bonds. The number of benzene rings is 1. The highest BCUT2D eigenvalue weighted by Crippen LogP contribution is 2.21. The summed E-state index contributed by atoms with van der Waals surface area (Å²) < 4.78 is 5.79. The first-order valence-electron chi connectivity index (χ1n) is 6.67. The largest absolute Gasteiger partial charge is 0.456 e. The minimum absolute atomic E-state index is 0.777. The van der Waals surface area contributed by atoms with Crippen LogP contribution in [-0.4, -0.2) is 11.5 Å². The first-order valence-corrected chi connectivity index (χ1v) is 6.67. The third-order valence-electron chi connectivity index (χ3n) is 2.78. The van der Waals surface area contributed by atoms with E-state index >= 15 is 0 Å². The van der Waals surface area contributed by atoms with Crippen LogP contribution in [0.1, 0.15) is 24.5 Å². The summed E-state index contributed by atoms with van der Waals surface area (Å²) in [5.74, 6) is 1.62. The van der Waals surface area contributed by atoms with Gasteiger partial charge in [-0.2, -0.15) is 0 Å². The van der Waals surface area contributed by atoms with Crippen LogP contribution in [0.15, 0.2) is 42.7 Å². The van der Waals surface area contributed by atoms with Crippen LogP contribution in [0, 0.1) is 6.92 Å². The molecule has 3 nitrogen and oxygen atoms in total. The summed E-state index contributed by atoms with van der Waals surface area (Å²) in [5.41, 5.74) is 2.36. The molecule has 2 aromatic rings. The summed E-state index contributed by atoms with van der Waals surface area (Å²) >= 11 is 0. The van der Waals surface area contributed by atoms with E-state index in [9.17, 15) is 0 Å². The molecule has 0 atom stereocenters. The molecular weight excluding hydrogens is 236 g/mol. The number of rotatable bonds is 6. The molecule has 0 aliphatic rings. The molecule has 0 saturated carbocycles. The minimum Gasteiger partial charge on any atom is -0.456 e. The van der Waals surface area contributed by atoms with Gasteiger partial charge in [-0.1, -0.05) is 24.6 Å². The molecule has 0 bridgehead atoms. The van der Waals surface area contributed by atoms with Gasteiger partial charge in [-0.05, 0) is 43.7 Å². The zero-order valence-electron chi connectivity index (χ0n) is 11.5. The lowest BCUT2D eigenvalue weighted by Crippen LogP contribution is -2.13. The fourth-order valence-corrected chi connectivity index (χ4v) is 1.77. The SMILES string of the molecule is CCCNCc1cncc(Oc2ccc(C)cc2)c1. The molecule has 0 fully saturated rings. The quantitative estimate of drug-likeness (QED) is 0.800. The van der Waals surface area contributed by atoms with E-state index in [4.69, 9.17) is 4.74 Å². The molecule has 0 spiro atoms. The molecule has 1 heterocycles. The number of nitrogens with zero attached hydrogens (tertiary/aromatic N) is 1. The maximum Gasteiger partial charge on any atom is 0.146 e. The Labute approximate surface area is 114 Å². The second-order valence-electron chi connectivity index (χ2n) is 4.62. The summed E-state index contributed by atoms with van der Waals surface area (Å²) in [7, 11) is 0. The third-order valence-corrected chi connectivity index (χ3v) is 2.78. The van der Waals surface area contributed by atoms with Gasteiger partial charge < -0.3 is 10.1 Å². The topological polar surface area (TPSA) is 34.2 Å². The summed E-state index contributed by atoms with van der Waals surface area (Å²) in [5, 5.41) is 3.35. The Morgan fingerprint density at radius 1 is 1.11 bits per heavy atom. The number of hydrogen-bond acceptors (Lipinski definition) is 3. The second kappa shape index (κ2) is 6.90. The van der Waals surface area contributed by atoms with Gasteiger partial charge in [0.1, 0.15) is 11.5 Å². The molecule has 100 valence electrons. The molecule has 0 aliphatic heterocycles. The van der Waals surface area contributed by atoms with Crippen LogP contribution in [0.4, 0.5) is 0 Å². The number of hydrogen-bond donors (Lipinski definition) is 1. The summed E-state index contributed by atoms with van der Waals surface area (Å²) in [6.45, 7) is 6.06. The Morgan fingerprint density at radius 2 is 1.89 bits per heavy atom. The first kappa shape index (κ1) is 13.6. The van der Waals surface area contributed by atoms with Gasteiger partial charge >= 0.3 is 0 Å². The number of pyridine rings is 1. The third kappa shape index (κ3) is 4.38. The van der Waals surface area contributed by atoms with Crippen molar-refractivity contribution in [1.82, 2.24) is 10.3 Å². The lowest BCUT2D eigenvalue weighted by atomic mass is 10.2. The van der Waals surface area contributed by atoms with E-state index in [1.165, 1.54) is 5.56 Å². The number of aryl methyl sites for hydroxylation is 1. The number of ether oxygens (including phenoxy) is 1. The van der Waals surface area contributed by atoms with E-state index < -0.39 is 0 Å². The van der Waals surface area contributed by atoms with E-state index in [1.807, 2.05) is 36.5 Å². The molecule has 3 heteroatoms. The summed E-state index contributed by atoms with van der Waals surface area (Å²) in [4.78, 5) is 4.21. The van der Waals surface area contributed by atoms with E-state index in [-0.39, 0.29) is 0 Å². The fourth-order valence-electron chi connectivity index (χ4n) is 1.77. The van der Waals surface area contributed by atoms with Crippen LogP contribution in [-0.2, 0) is 6.54 Å². The van der Waals surface area contributed by atoms with Gasteiger partial charge in [-0.25, -0.2) is 0 Å². The Balaban J connectivity index is 2.00. The van der Waals surface area contributed by atoms with Crippen molar-refractivity contribution in [3.05, 3.63) is 53.9 Å². The molecule has 1 aromatic carbocycles. The molecule has 0 unspecified atom stereocenters. The highest BCUT2D eigenvalue weighted by atomic mass is 16.5. The van der Waals surface area contributed by atoms with Gasteiger partial charge in [-0.3, -0.25) is 4.98 Å². The smallest absolute Gasteiger partial charge is 0.146 e. The lowest BCUT2D eigenvalue weighted by Gasteiger charge is -2.08. The lowest BCUT2D eigenvalue weighted by molar-refractivity contribution is 0.479. The zero-order valence-corrected chi connectivity index (χ0v) is 11.5. The molecular formula is C16H20N2O. The molecule has 1 aromatic heterocycles. The average molecular weight is 256 g/mol. The maximum absolute atomic E-state index is 5.79. The van der Waals surface area contributed by atoms with Crippen molar-refractivity contribution in [1.29, 1.82) is 0 Å². The standard InChI is InChI=1S/C16H20N2O/c1-3-8-17-10-14-9-16(12-18-11-14)19-15-6-4-13(2)5-7-15/h4-7,9,11-12,17H,3,8,10H2,1-2H3. The molecule has 0 aliphatic carbocycles. The van der Waals surface area contributed by atoms with Crippen molar-refractivity contribution in [2.75, 3.05) is 6.54 Å². The van der Waals surface area contributed by atoms with Gasteiger partial charge in [0.05, 0.1) is 6.20 Å². The van der Waals surface area contributed by atoms with Gasteiger partial charge in [-0.15, -0.1) is 0 Å². The Morgan fingerprint density at radius 3 is 2.63 bits per heavy atom. The van der Waals surface area contributed by atoms with Crippen LogP contribution in [0.5, 0.6) is 11.5 Å². The van der Waals surface area contributed by atoms with Crippen LogP contribution < -0.4 is 10.1 Å². The van der Waals surface area contributed by atoms with Crippen molar-refractivity contribution in [2.24, 2.45) is 0 Å². The van der Waals surface area contributed by atoms with Gasteiger partial charge in [0, 0.05) is 12.7 Å². The van der Waals surface area contributed by atoms with Crippen molar-refractivity contribution in [3.63, 3.8) is 0 Å². The minimum atomic E-state index is 0.777. The summed E-state index contributed by atoms with van der Waals surface area (Å²) in [6.07, 6.45) is 4.74. The second-order valence-corrected chi connectivity index (χ2v) is 4.62. The highest BCUT2D eigenvalue weighted by molar-refractivity contribution is 5.32. The summed E-state index contributed by atoms with van der Waals surface area (Å²) in [6, 6.07) is 10.0. The zero-order chi connectivity index (χ0) is 13.5. The molecule has 0 saturated heterocycles. The Kier molecular flexibility index (Phi) is 4.93. The van der Waals surface area contributed by atoms with Gasteiger partial charge in [0.15, 0.2) is 0 Å². The first-order chi connectivity index (χ1) is 9.28. The van der Waals surface area contributed by atoms with Crippen LogP contribution in [0.25, 0.3) is 0 Å². The molecule has 1 N–H and O–H groups in total. The predicted molar refractivity (Wildman–Crippen MR) is 77.5 cm³/mol. The maximum atomic E-state index is 5.79. The van der Waals surface area contributed by atoms with Crippen molar-refractivity contribution >= 4 is 0 Å². The number of nitrogens with one attached hydrogen (secondary N) is 1. The van der Waals surface area contributed by atoms with Crippen molar-refractivity contribution < 1.29 is 4.74 Å². The number of aromatic nitrogens is 1. The highest BCUT2D eigenvalue weighted by Gasteiger charge is 2.00. The van der Waals surface area contributed by atoms with Crippen LogP contribution in [0.3, 0.4) is 0 Å². The van der Waals surface area contributed by atoms with E-state index in [1.54, 1.807) is 6.20 Å². The van der Waals surface area contributed by atoms with E-state index in [0.717, 1.165) is 36.6 Å². The molecule has 19 heavy (non-hydrogen) atoms. The average Bonchev–Trinajstić information content (AvgIpc) is 2.42. The van der Waals surface area contributed by atoms with Crippen LogP contribution in [0.2, 0.25) is 0 Å². The van der Waals surface area contributed by atoms with Gasteiger partial charge in [0.2, 0.25) is 0 Å². The molecule has 2 rings (SSSR count).